The van der Waals surface area contributed by atoms with E-state index in [1.165, 1.54) is 54.5 Å². The van der Waals surface area contributed by atoms with E-state index in [2.05, 4.69) is 108 Å². The Morgan fingerprint density at radius 2 is 1.07 bits per heavy atom. The van der Waals surface area contributed by atoms with Crippen molar-refractivity contribution in [1.29, 1.82) is 0 Å². The third-order valence-corrected chi connectivity index (χ3v) is 6.96. The maximum Gasteiger partial charge on any atom is 0.0726 e. The minimum Gasteiger partial charge on any atom is -0.0619 e. The zero-order valence-electron chi connectivity index (χ0n) is 15.0. The third-order valence-electron chi connectivity index (χ3n) is 6.30. The van der Waals surface area contributed by atoms with E-state index < -0.39 is 0 Å². The summed E-state index contributed by atoms with van der Waals surface area (Å²) in [5.41, 5.74) is 12.1. The summed E-state index contributed by atoms with van der Waals surface area (Å²) in [4.78, 5) is 0. The molecule has 4 aromatic rings. The van der Waals surface area contributed by atoms with Gasteiger partial charge < -0.3 is 0 Å². The van der Waals surface area contributed by atoms with Crippen LogP contribution in [0.2, 0.25) is 0 Å². The molecule has 0 heterocycles. The molecular weight excluding hydrogens is 392 g/mol. The molecule has 0 radical (unpaired) electrons. The molecule has 6 rings (SSSR count). The molecule has 0 bridgehead atoms. The summed E-state index contributed by atoms with van der Waals surface area (Å²) in [6, 6.07) is 31.3. The van der Waals surface area contributed by atoms with Crippen molar-refractivity contribution in [2.75, 3.05) is 0 Å². The molecule has 0 saturated heterocycles. The van der Waals surface area contributed by atoms with Gasteiger partial charge in [0.25, 0.3) is 0 Å². The number of hydrogen-bond acceptors (Lipinski definition) is 0. The largest absolute Gasteiger partial charge is 0.0726 e. The molecule has 0 aromatic heterocycles. The molecule has 2 aliphatic rings. The van der Waals surface area contributed by atoms with Crippen molar-refractivity contribution in [3.63, 3.8) is 0 Å². The summed E-state index contributed by atoms with van der Waals surface area (Å²) >= 11 is 3.84. The Labute approximate surface area is 167 Å². The SMILES string of the molecule is Cc1cccc2c1-c1ccccc1C21c2ccccc2-c2c(Br)cccc21. The van der Waals surface area contributed by atoms with E-state index in [0.29, 0.717) is 0 Å². The molecule has 0 aliphatic heterocycles. The van der Waals surface area contributed by atoms with E-state index in [1.54, 1.807) is 0 Å². The second kappa shape index (κ2) is 5.21. The fraction of sp³-hybridized carbons (Fsp3) is 0.0769. The number of benzene rings is 4. The first kappa shape index (κ1) is 15.4. The summed E-state index contributed by atoms with van der Waals surface area (Å²) < 4.78 is 1.17. The standard InChI is InChI=1S/C26H17Br/c1-16-8-6-13-21-24(16)17-9-2-4-11-19(17)26(21)20-12-5-3-10-18(20)25-22(26)14-7-15-23(25)27/h2-15H,1H3. The molecule has 1 heteroatoms. The van der Waals surface area contributed by atoms with E-state index in [-0.39, 0.29) is 5.41 Å². The number of rotatable bonds is 0. The number of hydrogen-bond donors (Lipinski definition) is 0. The number of halogens is 1. The lowest BCUT2D eigenvalue weighted by molar-refractivity contribution is 0.793. The minimum absolute atomic E-state index is 0.229. The van der Waals surface area contributed by atoms with Gasteiger partial charge in [-0.1, -0.05) is 94.8 Å². The maximum absolute atomic E-state index is 3.84. The van der Waals surface area contributed by atoms with Crippen LogP contribution in [0.15, 0.2) is 89.4 Å². The molecule has 1 unspecified atom stereocenters. The van der Waals surface area contributed by atoms with Gasteiger partial charge in [0.15, 0.2) is 0 Å². The van der Waals surface area contributed by atoms with Crippen molar-refractivity contribution < 1.29 is 0 Å². The predicted molar refractivity (Wildman–Crippen MR) is 115 cm³/mol. The van der Waals surface area contributed by atoms with Gasteiger partial charge in [-0.2, -0.15) is 0 Å². The molecule has 0 nitrogen and oxygen atoms in total. The van der Waals surface area contributed by atoms with Crippen LogP contribution in [0.5, 0.6) is 0 Å². The lowest BCUT2D eigenvalue weighted by Crippen LogP contribution is -2.25. The number of fused-ring (bicyclic) bond motifs is 10. The Balaban J connectivity index is 1.90. The first-order valence-corrected chi connectivity index (χ1v) is 10.1. The van der Waals surface area contributed by atoms with Crippen molar-refractivity contribution in [1.82, 2.24) is 0 Å². The van der Waals surface area contributed by atoms with Crippen LogP contribution in [0.4, 0.5) is 0 Å². The van der Waals surface area contributed by atoms with Crippen LogP contribution >= 0.6 is 15.9 Å². The van der Waals surface area contributed by atoms with Crippen LogP contribution in [-0.4, -0.2) is 0 Å². The Bertz CT molecular complexity index is 1150. The highest BCUT2D eigenvalue weighted by molar-refractivity contribution is 9.10. The molecule has 1 atom stereocenters. The van der Waals surface area contributed by atoms with E-state index in [0.717, 1.165) is 0 Å². The monoisotopic (exact) mass is 408 g/mol. The zero-order valence-corrected chi connectivity index (χ0v) is 16.5. The van der Waals surface area contributed by atoms with E-state index >= 15 is 0 Å². The molecular formula is C26H17Br. The van der Waals surface area contributed by atoms with Gasteiger partial charge in [-0.05, 0) is 57.5 Å². The van der Waals surface area contributed by atoms with Gasteiger partial charge in [-0.15, -0.1) is 0 Å². The topological polar surface area (TPSA) is 0 Å². The minimum atomic E-state index is -0.229. The van der Waals surface area contributed by atoms with Crippen molar-refractivity contribution in [3.8, 4) is 22.3 Å². The van der Waals surface area contributed by atoms with Crippen molar-refractivity contribution in [3.05, 3.63) is 117 Å². The molecule has 0 fully saturated rings. The fourth-order valence-corrected chi connectivity index (χ4v) is 5.95. The highest BCUT2D eigenvalue weighted by Crippen LogP contribution is 2.63. The normalized spacial score (nSPS) is 18.1. The average molecular weight is 409 g/mol. The highest BCUT2D eigenvalue weighted by atomic mass is 79.9. The molecule has 0 amide bonds. The van der Waals surface area contributed by atoms with Crippen LogP contribution in [0.3, 0.4) is 0 Å². The van der Waals surface area contributed by atoms with Gasteiger partial charge >= 0.3 is 0 Å². The van der Waals surface area contributed by atoms with Gasteiger partial charge in [-0.3, -0.25) is 0 Å². The molecule has 0 N–H and O–H groups in total. The predicted octanol–water partition coefficient (Wildman–Crippen LogP) is 7.10. The summed E-state index contributed by atoms with van der Waals surface area (Å²) in [5.74, 6) is 0. The van der Waals surface area contributed by atoms with Gasteiger partial charge in [0.05, 0.1) is 5.41 Å². The highest BCUT2D eigenvalue weighted by Gasteiger charge is 2.52. The fourth-order valence-electron chi connectivity index (χ4n) is 5.37. The Morgan fingerprint density at radius 3 is 1.78 bits per heavy atom. The lowest BCUT2D eigenvalue weighted by atomic mass is 9.70. The van der Waals surface area contributed by atoms with Crippen LogP contribution in [-0.2, 0) is 5.41 Å². The Kier molecular flexibility index (Phi) is 2.97. The molecule has 0 saturated carbocycles. The summed E-state index contributed by atoms with van der Waals surface area (Å²) in [7, 11) is 0. The van der Waals surface area contributed by atoms with Crippen LogP contribution < -0.4 is 0 Å². The number of aryl methyl sites for hydroxylation is 1. The van der Waals surface area contributed by atoms with E-state index in [4.69, 9.17) is 0 Å². The molecule has 4 aromatic carbocycles. The first-order valence-electron chi connectivity index (χ1n) is 9.33. The van der Waals surface area contributed by atoms with Gasteiger partial charge in [0.1, 0.15) is 0 Å². The lowest BCUT2D eigenvalue weighted by Gasteiger charge is -2.30. The van der Waals surface area contributed by atoms with E-state index in [9.17, 15) is 0 Å². The zero-order chi connectivity index (χ0) is 18.2. The quantitative estimate of drug-likeness (QED) is 0.251. The summed E-state index contributed by atoms with van der Waals surface area (Å²) in [6.07, 6.45) is 0. The maximum atomic E-state index is 3.84. The molecule has 27 heavy (non-hydrogen) atoms. The smallest absolute Gasteiger partial charge is 0.0619 e. The van der Waals surface area contributed by atoms with Gasteiger partial charge in [0.2, 0.25) is 0 Å². The first-order chi connectivity index (χ1) is 13.2. The van der Waals surface area contributed by atoms with E-state index in [1.807, 2.05) is 0 Å². The van der Waals surface area contributed by atoms with Crippen molar-refractivity contribution >= 4 is 15.9 Å². The molecule has 128 valence electrons. The third kappa shape index (κ3) is 1.69. The second-order valence-electron chi connectivity index (χ2n) is 7.50. The van der Waals surface area contributed by atoms with Crippen LogP contribution in [0, 0.1) is 6.92 Å². The van der Waals surface area contributed by atoms with Crippen LogP contribution in [0.25, 0.3) is 22.3 Å². The summed E-state index contributed by atoms with van der Waals surface area (Å²) in [5, 5.41) is 0. The Hall–Kier alpha value is -2.64. The van der Waals surface area contributed by atoms with Gasteiger partial charge in [-0.25, -0.2) is 0 Å². The van der Waals surface area contributed by atoms with Crippen LogP contribution in [0.1, 0.15) is 27.8 Å². The molecule has 2 aliphatic carbocycles. The van der Waals surface area contributed by atoms with Gasteiger partial charge in [0, 0.05) is 10.0 Å². The average Bonchev–Trinajstić information content (AvgIpc) is 3.17. The van der Waals surface area contributed by atoms with Crippen molar-refractivity contribution in [2.24, 2.45) is 0 Å². The Morgan fingerprint density at radius 1 is 0.556 bits per heavy atom. The second-order valence-corrected chi connectivity index (χ2v) is 8.36. The molecule has 1 spiro atoms. The summed E-state index contributed by atoms with van der Waals surface area (Å²) in [6.45, 7) is 2.23. The van der Waals surface area contributed by atoms with Crippen molar-refractivity contribution in [2.45, 2.75) is 12.3 Å².